The first-order valence-electron chi connectivity index (χ1n) is 10.6. The molecule has 1 saturated heterocycles. The normalized spacial score (nSPS) is 18.6. The summed E-state index contributed by atoms with van der Waals surface area (Å²) in [6, 6.07) is 10.8. The fourth-order valence-electron chi connectivity index (χ4n) is 3.94. The Kier molecular flexibility index (Phi) is 5.19. The van der Waals surface area contributed by atoms with Gasteiger partial charge in [0.15, 0.2) is 5.78 Å². The molecule has 8 heteroatoms. The van der Waals surface area contributed by atoms with Crippen LogP contribution in [-0.2, 0) is 0 Å². The maximum absolute atomic E-state index is 13.3. The standard InChI is InChI=1S/C23H23N5O3/c29-22(16-7-8-16)17-9-10-24-21(14-17)31-18-4-3-13-27(15-18)23(30)19-5-1-2-6-20(19)28-25-11-12-26-28/h1-2,5-6,9-12,14,16,18H,3-4,7-8,13,15H2. The van der Waals surface area contributed by atoms with Gasteiger partial charge in [-0.05, 0) is 43.9 Å². The molecule has 0 radical (unpaired) electrons. The van der Waals surface area contributed by atoms with Crippen molar-refractivity contribution in [3.8, 4) is 11.6 Å². The number of hydrogen-bond acceptors (Lipinski definition) is 6. The Bertz CT molecular complexity index is 1090. The van der Waals surface area contributed by atoms with Crippen molar-refractivity contribution in [3.05, 3.63) is 66.1 Å². The molecule has 0 spiro atoms. The van der Waals surface area contributed by atoms with Crippen molar-refractivity contribution in [1.29, 1.82) is 0 Å². The number of ether oxygens (including phenoxy) is 1. The van der Waals surface area contributed by atoms with Crippen LogP contribution in [0.3, 0.4) is 0 Å². The van der Waals surface area contributed by atoms with Crippen LogP contribution in [0.15, 0.2) is 55.0 Å². The molecule has 1 aromatic carbocycles. The highest BCUT2D eigenvalue weighted by molar-refractivity contribution is 5.99. The van der Waals surface area contributed by atoms with Gasteiger partial charge in [0, 0.05) is 30.3 Å². The molecule has 1 saturated carbocycles. The summed E-state index contributed by atoms with van der Waals surface area (Å²) in [7, 11) is 0. The number of amides is 1. The number of piperidine rings is 1. The number of rotatable bonds is 6. The second-order valence-corrected chi connectivity index (χ2v) is 7.99. The third-order valence-electron chi connectivity index (χ3n) is 5.69. The van der Waals surface area contributed by atoms with Crippen LogP contribution in [0.5, 0.6) is 5.88 Å². The average Bonchev–Trinajstić information content (AvgIpc) is 3.52. The number of likely N-dealkylation sites (tertiary alicyclic amines) is 1. The molecule has 3 heterocycles. The van der Waals surface area contributed by atoms with E-state index in [1.807, 2.05) is 18.2 Å². The van der Waals surface area contributed by atoms with Crippen molar-refractivity contribution in [2.24, 2.45) is 5.92 Å². The van der Waals surface area contributed by atoms with Gasteiger partial charge < -0.3 is 9.64 Å². The Labute approximate surface area is 179 Å². The van der Waals surface area contributed by atoms with Gasteiger partial charge in [-0.15, -0.1) is 0 Å². The minimum absolute atomic E-state index is 0.0770. The average molecular weight is 417 g/mol. The zero-order chi connectivity index (χ0) is 21.2. The number of carbonyl (C=O) groups excluding carboxylic acids is 2. The van der Waals surface area contributed by atoms with Gasteiger partial charge in [-0.1, -0.05) is 12.1 Å². The predicted molar refractivity (Wildman–Crippen MR) is 112 cm³/mol. The summed E-state index contributed by atoms with van der Waals surface area (Å²) >= 11 is 0. The topological polar surface area (TPSA) is 90.2 Å². The number of benzene rings is 1. The first-order valence-corrected chi connectivity index (χ1v) is 10.6. The molecule has 2 fully saturated rings. The molecular weight excluding hydrogens is 394 g/mol. The molecule has 1 atom stereocenters. The van der Waals surface area contributed by atoms with Gasteiger partial charge in [0.1, 0.15) is 6.10 Å². The molecule has 1 aliphatic carbocycles. The van der Waals surface area contributed by atoms with E-state index in [0.29, 0.717) is 35.8 Å². The van der Waals surface area contributed by atoms with Crippen molar-refractivity contribution >= 4 is 11.7 Å². The Morgan fingerprint density at radius 3 is 2.61 bits per heavy atom. The molecule has 1 amide bonds. The summed E-state index contributed by atoms with van der Waals surface area (Å²) in [5, 5.41) is 8.32. The van der Waals surface area contributed by atoms with E-state index in [4.69, 9.17) is 4.74 Å². The maximum atomic E-state index is 13.3. The van der Waals surface area contributed by atoms with Gasteiger partial charge in [-0.3, -0.25) is 9.59 Å². The molecule has 31 heavy (non-hydrogen) atoms. The lowest BCUT2D eigenvalue weighted by Gasteiger charge is -2.33. The fraction of sp³-hybridized carbons (Fsp3) is 0.348. The van der Waals surface area contributed by atoms with Crippen LogP contribution in [0, 0.1) is 5.92 Å². The van der Waals surface area contributed by atoms with Gasteiger partial charge in [-0.2, -0.15) is 15.0 Å². The van der Waals surface area contributed by atoms with Gasteiger partial charge in [0.05, 0.1) is 30.2 Å². The molecule has 1 aliphatic heterocycles. The van der Waals surface area contributed by atoms with Gasteiger partial charge in [0.25, 0.3) is 5.91 Å². The summed E-state index contributed by atoms with van der Waals surface area (Å²) in [5.74, 6) is 0.678. The van der Waals surface area contributed by atoms with Crippen LogP contribution in [0.2, 0.25) is 0 Å². The number of aromatic nitrogens is 4. The first kappa shape index (κ1) is 19.4. The second-order valence-electron chi connectivity index (χ2n) is 7.99. The SMILES string of the molecule is O=C(c1ccnc(OC2CCCN(C(=O)c3ccccc3-n3nccn3)C2)c1)C1CC1. The van der Waals surface area contributed by atoms with Crippen molar-refractivity contribution in [2.45, 2.75) is 31.8 Å². The van der Waals surface area contributed by atoms with Crippen LogP contribution in [0.25, 0.3) is 5.69 Å². The van der Waals surface area contributed by atoms with E-state index in [9.17, 15) is 9.59 Å². The van der Waals surface area contributed by atoms with E-state index in [1.165, 1.54) is 4.80 Å². The van der Waals surface area contributed by atoms with E-state index in [0.717, 1.165) is 25.7 Å². The highest BCUT2D eigenvalue weighted by atomic mass is 16.5. The number of Topliss-reactive ketones (excluding diaryl/α,β-unsaturated/α-hetero) is 1. The number of ketones is 1. The van der Waals surface area contributed by atoms with Gasteiger partial charge >= 0.3 is 0 Å². The fourth-order valence-corrected chi connectivity index (χ4v) is 3.94. The Morgan fingerprint density at radius 1 is 1.00 bits per heavy atom. The summed E-state index contributed by atoms with van der Waals surface area (Å²) in [5.41, 5.74) is 1.85. The lowest BCUT2D eigenvalue weighted by atomic mass is 10.1. The van der Waals surface area contributed by atoms with E-state index < -0.39 is 0 Å². The molecule has 0 bridgehead atoms. The van der Waals surface area contributed by atoms with Gasteiger partial charge in [-0.25, -0.2) is 4.98 Å². The largest absolute Gasteiger partial charge is 0.472 e. The lowest BCUT2D eigenvalue weighted by Crippen LogP contribution is -2.44. The third kappa shape index (κ3) is 4.19. The van der Waals surface area contributed by atoms with E-state index >= 15 is 0 Å². The van der Waals surface area contributed by atoms with E-state index in [-0.39, 0.29) is 23.7 Å². The van der Waals surface area contributed by atoms with E-state index in [2.05, 4.69) is 15.2 Å². The molecule has 2 aliphatic rings. The Morgan fingerprint density at radius 2 is 1.81 bits per heavy atom. The smallest absolute Gasteiger partial charge is 0.256 e. The van der Waals surface area contributed by atoms with Gasteiger partial charge in [0.2, 0.25) is 5.88 Å². The number of hydrogen-bond donors (Lipinski definition) is 0. The molecule has 1 unspecified atom stereocenters. The molecule has 2 aromatic heterocycles. The van der Waals surface area contributed by atoms with E-state index in [1.54, 1.807) is 41.7 Å². The number of pyridine rings is 1. The number of carbonyl (C=O) groups is 2. The maximum Gasteiger partial charge on any atom is 0.256 e. The molecule has 8 nitrogen and oxygen atoms in total. The number of nitrogens with zero attached hydrogens (tertiary/aromatic N) is 5. The molecule has 0 N–H and O–H groups in total. The minimum Gasteiger partial charge on any atom is -0.472 e. The highest BCUT2D eigenvalue weighted by Gasteiger charge is 2.31. The number of para-hydroxylation sites is 1. The van der Waals surface area contributed by atoms with Crippen LogP contribution in [0.1, 0.15) is 46.4 Å². The molecule has 158 valence electrons. The zero-order valence-electron chi connectivity index (χ0n) is 17.1. The molecule has 5 rings (SSSR count). The summed E-state index contributed by atoms with van der Waals surface area (Å²) < 4.78 is 6.08. The minimum atomic E-state index is -0.175. The van der Waals surface area contributed by atoms with Crippen LogP contribution in [-0.4, -0.2) is 55.8 Å². The summed E-state index contributed by atoms with van der Waals surface area (Å²) in [6.07, 6.45) is 8.20. The summed E-state index contributed by atoms with van der Waals surface area (Å²) in [6.45, 7) is 1.12. The predicted octanol–water partition coefficient (Wildman–Crippen LogP) is 2.94. The summed E-state index contributed by atoms with van der Waals surface area (Å²) in [4.78, 5) is 33.1. The van der Waals surface area contributed by atoms with Crippen molar-refractivity contribution in [3.63, 3.8) is 0 Å². The monoisotopic (exact) mass is 417 g/mol. The van der Waals surface area contributed by atoms with Crippen molar-refractivity contribution in [1.82, 2.24) is 24.9 Å². The first-order chi connectivity index (χ1) is 15.2. The van der Waals surface area contributed by atoms with Crippen LogP contribution in [0.4, 0.5) is 0 Å². The lowest BCUT2D eigenvalue weighted by molar-refractivity contribution is 0.0527. The molecule has 3 aromatic rings. The second kappa shape index (κ2) is 8.29. The van der Waals surface area contributed by atoms with Crippen LogP contribution < -0.4 is 4.74 Å². The van der Waals surface area contributed by atoms with Crippen molar-refractivity contribution < 1.29 is 14.3 Å². The van der Waals surface area contributed by atoms with Crippen molar-refractivity contribution in [2.75, 3.05) is 13.1 Å². The Hall–Kier alpha value is -3.55. The molecular formula is C23H23N5O3. The zero-order valence-corrected chi connectivity index (χ0v) is 17.1. The highest BCUT2D eigenvalue weighted by Crippen LogP contribution is 2.33. The third-order valence-corrected chi connectivity index (χ3v) is 5.69. The quantitative estimate of drug-likeness (QED) is 0.573. The Balaban J connectivity index is 1.30. The van der Waals surface area contributed by atoms with Crippen LogP contribution >= 0.6 is 0 Å².